The molecule has 1 aromatic heterocycles. The second-order valence-corrected chi connectivity index (χ2v) is 8.20. The van der Waals surface area contributed by atoms with E-state index in [0.29, 0.717) is 11.7 Å². The van der Waals surface area contributed by atoms with Crippen LogP contribution in [0.15, 0.2) is 24.5 Å². The van der Waals surface area contributed by atoms with Crippen LogP contribution in [-0.4, -0.2) is 35.9 Å². The van der Waals surface area contributed by atoms with Gasteiger partial charge in [0.2, 0.25) is 5.91 Å². The number of carbonyl (C=O) groups excluding carboxylic acids is 1. The summed E-state index contributed by atoms with van der Waals surface area (Å²) < 4.78 is 5.96. The Kier molecular flexibility index (Phi) is 6.90. The summed E-state index contributed by atoms with van der Waals surface area (Å²) in [5.74, 6) is 1.86. The van der Waals surface area contributed by atoms with Gasteiger partial charge in [0.25, 0.3) is 0 Å². The second-order valence-electron chi connectivity index (χ2n) is 7.21. The van der Waals surface area contributed by atoms with E-state index in [1.54, 1.807) is 24.2 Å². The van der Waals surface area contributed by atoms with Gasteiger partial charge < -0.3 is 10.1 Å². The maximum atomic E-state index is 12.0. The van der Waals surface area contributed by atoms with Gasteiger partial charge in [-0.25, -0.2) is 0 Å². The van der Waals surface area contributed by atoms with Gasteiger partial charge in [-0.1, -0.05) is 20.8 Å². The molecule has 128 valence electrons. The number of hydrogen-bond acceptors (Lipinski definition) is 4. The van der Waals surface area contributed by atoms with Gasteiger partial charge in [0.05, 0.1) is 11.9 Å². The predicted octanol–water partition coefficient (Wildman–Crippen LogP) is 3.27. The van der Waals surface area contributed by atoms with Gasteiger partial charge >= 0.3 is 0 Å². The molecule has 23 heavy (non-hydrogen) atoms. The van der Waals surface area contributed by atoms with Crippen molar-refractivity contribution in [1.82, 2.24) is 10.3 Å². The summed E-state index contributed by atoms with van der Waals surface area (Å²) in [4.78, 5) is 16.0. The molecule has 1 aromatic rings. The summed E-state index contributed by atoms with van der Waals surface area (Å²) in [6.45, 7) is 8.19. The molecule has 2 rings (SSSR count). The number of ether oxygens (including phenoxy) is 1. The number of amides is 1. The summed E-state index contributed by atoms with van der Waals surface area (Å²) in [5, 5.41) is 3.09. The largest absolute Gasteiger partial charge is 0.377 e. The van der Waals surface area contributed by atoms with Crippen molar-refractivity contribution >= 4 is 17.7 Å². The van der Waals surface area contributed by atoms with Crippen molar-refractivity contribution in [1.29, 1.82) is 0 Å². The molecule has 0 aromatic carbocycles. The monoisotopic (exact) mass is 336 g/mol. The molecule has 5 heteroatoms. The number of hydrogen-bond donors (Lipinski definition) is 1. The lowest BCUT2D eigenvalue weighted by atomic mass is 9.78. The van der Waals surface area contributed by atoms with Crippen LogP contribution in [0.2, 0.25) is 0 Å². The summed E-state index contributed by atoms with van der Waals surface area (Å²) in [7, 11) is 0. The van der Waals surface area contributed by atoms with Gasteiger partial charge in [-0.15, -0.1) is 11.8 Å². The van der Waals surface area contributed by atoms with E-state index in [4.69, 9.17) is 4.74 Å². The number of rotatable bonds is 6. The number of nitrogens with zero attached hydrogens (tertiary/aromatic N) is 1. The Morgan fingerprint density at radius 1 is 1.39 bits per heavy atom. The molecule has 0 unspecified atom stereocenters. The molecule has 1 aliphatic heterocycles. The van der Waals surface area contributed by atoms with Crippen molar-refractivity contribution in [2.75, 3.05) is 18.9 Å². The van der Waals surface area contributed by atoms with Gasteiger partial charge in [-0.3, -0.25) is 9.78 Å². The van der Waals surface area contributed by atoms with Crippen LogP contribution in [0.4, 0.5) is 0 Å². The Hall–Kier alpha value is -1.07. The third-order valence-electron chi connectivity index (χ3n) is 4.11. The van der Waals surface area contributed by atoms with Crippen LogP contribution >= 0.6 is 11.8 Å². The first-order valence-electron chi connectivity index (χ1n) is 8.32. The zero-order chi connectivity index (χ0) is 16.7. The third-order valence-corrected chi connectivity index (χ3v) is 5.11. The molecule has 4 nitrogen and oxygen atoms in total. The van der Waals surface area contributed by atoms with Gasteiger partial charge in [0, 0.05) is 37.2 Å². The molecule has 0 bridgehead atoms. The highest BCUT2D eigenvalue weighted by Gasteiger charge is 2.35. The zero-order valence-electron chi connectivity index (χ0n) is 14.4. The Bertz CT molecular complexity index is 488. The van der Waals surface area contributed by atoms with Crippen molar-refractivity contribution in [2.24, 2.45) is 11.3 Å². The summed E-state index contributed by atoms with van der Waals surface area (Å²) in [6.07, 6.45) is 6.01. The molecule has 1 fully saturated rings. The standard InChI is InChI=1S/C18H28N2O2S/c1-18(2,3)17-15(5-4-10-22-17)11-20-16(21)13-23-12-14-6-8-19-9-7-14/h6-9,15,17H,4-5,10-13H2,1-3H3,(H,20,21)/t15-,17+/m0/s1. The fourth-order valence-corrected chi connectivity index (χ4v) is 3.86. The Morgan fingerprint density at radius 2 is 2.13 bits per heavy atom. The number of pyridine rings is 1. The smallest absolute Gasteiger partial charge is 0.230 e. The fourth-order valence-electron chi connectivity index (χ4n) is 3.05. The van der Waals surface area contributed by atoms with Crippen molar-refractivity contribution in [2.45, 2.75) is 45.5 Å². The first kappa shape index (κ1) is 18.3. The lowest BCUT2D eigenvalue weighted by Gasteiger charge is -2.40. The highest BCUT2D eigenvalue weighted by Crippen LogP contribution is 2.33. The van der Waals surface area contributed by atoms with Crippen LogP contribution in [-0.2, 0) is 15.3 Å². The van der Waals surface area contributed by atoms with Crippen LogP contribution in [0.25, 0.3) is 0 Å². The van der Waals surface area contributed by atoms with E-state index in [1.807, 2.05) is 12.1 Å². The highest BCUT2D eigenvalue weighted by atomic mass is 32.2. The molecule has 0 radical (unpaired) electrons. The molecular weight excluding hydrogens is 308 g/mol. The molecule has 0 spiro atoms. The molecular formula is C18H28N2O2S. The molecule has 2 heterocycles. The molecule has 1 amide bonds. The van der Waals surface area contributed by atoms with Gasteiger partial charge in [-0.2, -0.15) is 0 Å². The maximum absolute atomic E-state index is 12.0. The van der Waals surface area contributed by atoms with Crippen LogP contribution in [0.1, 0.15) is 39.2 Å². The normalized spacial score (nSPS) is 21.9. The van der Waals surface area contributed by atoms with Gasteiger partial charge in [0.15, 0.2) is 0 Å². The molecule has 1 saturated heterocycles. The summed E-state index contributed by atoms with van der Waals surface area (Å²) in [6, 6.07) is 3.97. The fraction of sp³-hybridized carbons (Fsp3) is 0.667. The Morgan fingerprint density at radius 3 is 2.83 bits per heavy atom. The van der Waals surface area contributed by atoms with Gasteiger partial charge in [0.1, 0.15) is 0 Å². The minimum Gasteiger partial charge on any atom is -0.377 e. The molecule has 2 atom stereocenters. The van der Waals surface area contributed by atoms with Gasteiger partial charge in [-0.05, 0) is 36.0 Å². The second kappa shape index (κ2) is 8.69. The molecule has 0 saturated carbocycles. The van der Waals surface area contributed by atoms with E-state index < -0.39 is 0 Å². The van der Waals surface area contributed by atoms with E-state index in [0.717, 1.165) is 31.7 Å². The van der Waals surface area contributed by atoms with Crippen LogP contribution < -0.4 is 5.32 Å². The average Bonchev–Trinajstić information content (AvgIpc) is 2.53. The first-order chi connectivity index (χ1) is 11.0. The quantitative estimate of drug-likeness (QED) is 0.866. The zero-order valence-corrected chi connectivity index (χ0v) is 15.2. The molecule has 1 aliphatic rings. The summed E-state index contributed by atoms with van der Waals surface area (Å²) in [5.41, 5.74) is 1.32. The molecule has 0 aliphatic carbocycles. The minimum absolute atomic E-state index is 0.113. The first-order valence-corrected chi connectivity index (χ1v) is 9.47. The van der Waals surface area contributed by atoms with Crippen molar-refractivity contribution in [3.8, 4) is 0 Å². The van der Waals surface area contributed by atoms with Crippen LogP contribution in [0.3, 0.4) is 0 Å². The predicted molar refractivity (Wildman–Crippen MR) is 95.3 cm³/mol. The number of aromatic nitrogens is 1. The van der Waals surface area contributed by atoms with Crippen molar-refractivity contribution in [3.63, 3.8) is 0 Å². The average molecular weight is 337 g/mol. The maximum Gasteiger partial charge on any atom is 0.230 e. The SMILES string of the molecule is CC(C)(C)[C@@H]1OCCC[C@H]1CNC(=O)CSCc1ccncc1. The van der Waals surface area contributed by atoms with Crippen LogP contribution in [0, 0.1) is 11.3 Å². The van der Waals surface area contributed by atoms with E-state index in [-0.39, 0.29) is 17.4 Å². The number of thioether (sulfide) groups is 1. The third kappa shape index (κ3) is 6.15. The Balaban J connectivity index is 1.70. The lowest BCUT2D eigenvalue weighted by Crippen LogP contribution is -2.45. The van der Waals surface area contributed by atoms with Crippen LogP contribution in [0.5, 0.6) is 0 Å². The van der Waals surface area contributed by atoms with Crippen molar-refractivity contribution < 1.29 is 9.53 Å². The molecule has 1 N–H and O–H groups in total. The van der Waals surface area contributed by atoms with E-state index in [2.05, 4.69) is 31.1 Å². The number of nitrogens with one attached hydrogen (secondary N) is 1. The lowest BCUT2D eigenvalue weighted by molar-refractivity contribution is -0.120. The van der Waals surface area contributed by atoms with E-state index in [1.165, 1.54) is 5.56 Å². The minimum atomic E-state index is 0.113. The Labute approximate surface area is 143 Å². The number of carbonyl (C=O) groups is 1. The highest BCUT2D eigenvalue weighted by molar-refractivity contribution is 7.99. The van der Waals surface area contributed by atoms with E-state index in [9.17, 15) is 4.79 Å². The topological polar surface area (TPSA) is 51.2 Å². The summed E-state index contributed by atoms with van der Waals surface area (Å²) >= 11 is 1.64. The van der Waals surface area contributed by atoms with E-state index >= 15 is 0 Å². The van der Waals surface area contributed by atoms with Crippen molar-refractivity contribution in [3.05, 3.63) is 30.1 Å².